The summed E-state index contributed by atoms with van der Waals surface area (Å²) in [7, 11) is -0.164. The minimum atomic E-state index is -0.859. The van der Waals surface area contributed by atoms with Crippen LogP contribution >= 0.6 is 8.46 Å². The maximum absolute atomic E-state index is 11.2. The Balaban J connectivity index is 3.85. The molecule has 0 rings (SSSR count). The maximum atomic E-state index is 11.2. The van der Waals surface area contributed by atoms with E-state index in [1.807, 2.05) is 20.8 Å². The molecular formula is C11H21O5P. The van der Waals surface area contributed by atoms with E-state index in [4.69, 9.17) is 14.2 Å². The van der Waals surface area contributed by atoms with Crippen LogP contribution in [0.5, 0.6) is 0 Å². The van der Waals surface area contributed by atoms with Gasteiger partial charge < -0.3 is 14.2 Å². The number of hydrogen-bond donors (Lipinski definition) is 0. The molecule has 0 heterocycles. The van der Waals surface area contributed by atoms with Crippen LogP contribution in [-0.2, 0) is 18.8 Å². The lowest BCUT2D eigenvalue weighted by Crippen LogP contribution is -2.25. The van der Waals surface area contributed by atoms with E-state index in [2.05, 4.69) is 0 Å². The maximum Gasteiger partial charge on any atom is 0.510 e. The second-order valence-corrected chi connectivity index (χ2v) is 5.66. The van der Waals surface area contributed by atoms with Gasteiger partial charge in [0.05, 0.1) is 0 Å². The van der Waals surface area contributed by atoms with Crippen molar-refractivity contribution in [3.8, 4) is 0 Å². The van der Waals surface area contributed by atoms with E-state index in [1.165, 1.54) is 0 Å². The lowest BCUT2D eigenvalue weighted by molar-refractivity contribution is -0.0886. The van der Waals surface area contributed by atoms with Crippen molar-refractivity contribution in [1.29, 1.82) is 0 Å². The molecule has 0 radical (unpaired) electrons. The highest BCUT2D eigenvalue weighted by Crippen LogP contribution is 2.22. The van der Waals surface area contributed by atoms with Gasteiger partial charge in [-0.25, -0.2) is 4.79 Å². The molecule has 17 heavy (non-hydrogen) atoms. The first-order valence-electron chi connectivity index (χ1n) is 5.64. The van der Waals surface area contributed by atoms with Gasteiger partial charge in [0.2, 0.25) is 0 Å². The van der Waals surface area contributed by atoms with Crippen molar-refractivity contribution in [3.63, 3.8) is 0 Å². The van der Waals surface area contributed by atoms with Crippen molar-refractivity contribution in [3.05, 3.63) is 0 Å². The van der Waals surface area contributed by atoms with Crippen LogP contribution < -0.4 is 0 Å². The Hall–Kier alpha value is -0.670. The second-order valence-electron chi connectivity index (χ2n) is 4.40. The molecule has 0 spiro atoms. The van der Waals surface area contributed by atoms with E-state index in [0.29, 0.717) is 0 Å². The summed E-state index contributed by atoms with van der Waals surface area (Å²) in [5.74, 6) is 0.278. The summed E-state index contributed by atoms with van der Waals surface area (Å²) in [6, 6.07) is 0. The minimum Gasteiger partial charge on any atom is -0.431 e. The average Bonchev–Trinajstić information content (AvgIpc) is 2.27. The Morgan fingerprint density at radius 1 is 1.35 bits per heavy atom. The van der Waals surface area contributed by atoms with Crippen LogP contribution in [0, 0.1) is 5.92 Å². The summed E-state index contributed by atoms with van der Waals surface area (Å²) in [6.07, 6.45) is -0.0400. The van der Waals surface area contributed by atoms with Gasteiger partial charge in [-0.2, -0.15) is 0 Å². The highest BCUT2D eigenvalue weighted by Gasteiger charge is 2.20. The zero-order valence-corrected chi connectivity index (χ0v) is 12.0. The van der Waals surface area contributed by atoms with Crippen LogP contribution in [0.1, 0.15) is 41.0 Å². The van der Waals surface area contributed by atoms with Gasteiger partial charge in [-0.05, 0) is 26.7 Å². The van der Waals surface area contributed by atoms with Crippen LogP contribution in [0.15, 0.2) is 0 Å². The summed E-state index contributed by atoms with van der Waals surface area (Å²) >= 11 is 0. The molecule has 0 saturated heterocycles. The third kappa shape index (κ3) is 7.29. The Kier molecular flexibility index (Phi) is 7.32. The summed E-state index contributed by atoms with van der Waals surface area (Å²) in [4.78, 5) is 11.2. The average molecular weight is 264 g/mol. The molecule has 0 saturated carbocycles. The third-order valence-electron chi connectivity index (χ3n) is 2.54. The molecule has 6 heteroatoms. The first-order chi connectivity index (χ1) is 7.82. The molecular weight excluding hydrogens is 243 g/mol. The molecule has 0 aromatic carbocycles. The van der Waals surface area contributed by atoms with Gasteiger partial charge >= 0.3 is 6.16 Å². The Morgan fingerprint density at radius 2 is 1.94 bits per heavy atom. The molecule has 5 nitrogen and oxygen atoms in total. The monoisotopic (exact) mass is 264 g/mol. The van der Waals surface area contributed by atoms with Gasteiger partial charge in [-0.15, -0.1) is 0 Å². The molecule has 0 aliphatic rings. The van der Waals surface area contributed by atoms with Crippen LogP contribution in [0.3, 0.4) is 0 Å². The van der Waals surface area contributed by atoms with E-state index in [0.717, 1.165) is 6.42 Å². The Bertz CT molecular complexity index is 254. The van der Waals surface area contributed by atoms with Gasteiger partial charge in [-0.3, -0.25) is 4.57 Å². The molecule has 0 bridgehead atoms. The van der Waals surface area contributed by atoms with Gasteiger partial charge in [0.1, 0.15) is 11.4 Å². The molecule has 2 atom stereocenters. The van der Waals surface area contributed by atoms with E-state index >= 15 is 0 Å². The first-order valence-corrected chi connectivity index (χ1v) is 6.45. The Morgan fingerprint density at radius 3 is 2.41 bits per heavy atom. The lowest BCUT2D eigenvalue weighted by Gasteiger charge is -2.20. The number of ether oxygens (including phenoxy) is 3. The van der Waals surface area contributed by atoms with Gasteiger partial charge in [-0.1, -0.05) is 20.3 Å². The van der Waals surface area contributed by atoms with Crippen molar-refractivity contribution in [2.75, 3.05) is 6.79 Å². The standard InChI is InChI=1S/C11H21O5P/c1-6-8(2)9(3)16-10(12)14-7-15-11(4,5)17-13/h8-9H,6-7H2,1-5H3. The van der Waals surface area contributed by atoms with E-state index in [-0.39, 0.29) is 27.3 Å². The van der Waals surface area contributed by atoms with Crippen LogP contribution in [0.2, 0.25) is 0 Å². The molecule has 0 aromatic rings. The van der Waals surface area contributed by atoms with Crippen LogP contribution in [0.4, 0.5) is 4.79 Å². The van der Waals surface area contributed by atoms with Crippen molar-refractivity contribution in [2.24, 2.45) is 5.92 Å². The SMILES string of the molecule is CCC(C)C(C)OC(=O)OCOC(C)(C)P=O. The van der Waals surface area contributed by atoms with Crippen molar-refractivity contribution >= 4 is 14.6 Å². The third-order valence-corrected chi connectivity index (χ3v) is 3.10. The topological polar surface area (TPSA) is 61.8 Å². The normalized spacial score (nSPS) is 15.4. The lowest BCUT2D eigenvalue weighted by atomic mass is 10.0. The molecule has 0 amide bonds. The van der Waals surface area contributed by atoms with E-state index < -0.39 is 11.5 Å². The summed E-state index contributed by atoms with van der Waals surface area (Å²) in [5.41, 5.74) is 0. The van der Waals surface area contributed by atoms with Gasteiger partial charge in [0.15, 0.2) is 15.3 Å². The fourth-order valence-electron chi connectivity index (χ4n) is 0.882. The van der Waals surface area contributed by atoms with Crippen molar-refractivity contribution < 1.29 is 23.6 Å². The Labute approximate surface area is 104 Å². The number of carbonyl (C=O) groups excluding carboxylic acids is 1. The number of hydrogen-bond acceptors (Lipinski definition) is 5. The fraction of sp³-hybridized carbons (Fsp3) is 0.909. The molecule has 0 aliphatic heterocycles. The van der Waals surface area contributed by atoms with Crippen LogP contribution in [-0.4, -0.2) is 24.4 Å². The summed E-state index contributed by atoms with van der Waals surface area (Å²) in [6.45, 7) is 8.81. The molecule has 0 N–H and O–H groups in total. The van der Waals surface area contributed by atoms with E-state index in [9.17, 15) is 9.36 Å². The molecule has 0 aromatic heterocycles. The predicted molar refractivity (Wildman–Crippen MR) is 64.1 cm³/mol. The second kappa shape index (κ2) is 7.62. The fourth-order valence-corrected chi connectivity index (χ4v) is 0.987. The van der Waals surface area contributed by atoms with E-state index in [1.54, 1.807) is 13.8 Å². The van der Waals surface area contributed by atoms with Crippen LogP contribution in [0.25, 0.3) is 0 Å². The predicted octanol–water partition coefficient (Wildman–Crippen LogP) is 3.58. The highest BCUT2D eigenvalue weighted by molar-refractivity contribution is 7.25. The van der Waals surface area contributed by atoms with Crippen molar-refractivity contribution in [1.82, 2.24) is 0 Å². The summed E-state index contributed by atoms with van der Waals surface area (Å²) < 4.78 is 25.4. The van der Waals surface area contributed by atoms with Crippen molar-refractivity contribution in [2.45, 2.75) is 52.5 Å². The van der Waals surface area contributed by atoms with Gasteiger partial charge in [0, 0.05) is 0 Å². The zero-order valence-electron chi connectivity index (χ0n) is 11.1. The summed E-state index contributed by atoms with van der Waals surface area (Å²) in [5, 5.41) is -0.859. The van der Waals surface area contributed by atoms with Gasteiger partial charge in [0.25, 0.3) is 0 Å². The first kappa shape index (κ1) is 16.3. The molecule has 100 valence electrons. The number of carbonyl (C=O) groups is 1. The molecule has 0 aliphatic carbocycles. The molecule has 0 fully saturated rings. The quantitative estimate of drug-likeness (QED) is 0.399. The smallest absolute Gasteiger partial charge is 0.431 e. The molecule has 2 unspecified atom stereocenters. The largest absolute Gasteiger partial charge is 0.510 e. The number of rotatable bonds is 7. The highest BCUT2D eigenvalue weighted by atomic mass is 31.1. The minimum absolute atomic E-state index is 0.164. The zero-order chi connectivity index (χ0) is 13.5.